The molecular formula is C13H12BrNO2. The van der Waals surface area contributed by atoms with Gasteiger partial charge in [0.2, 0.25) is 0 Å². The van der Waals surface area contributed by atoms with Crippen LogP contribution in [-0.2, 0) is 6.61 Å². The average molecular weight is 294 g/mol. The van der Waals surface area contributed by atoms with E-state index in [1.54, 1.807) is 24.3 Å². The van der Waals surface area contributed by atoms with Crippen LogP contribution in [0.25, 0.3) is 0 Å². The maximum Gasteiger partial charge on any atom is 0.142 e. The molecule has 4 heteroatoms. The molecule has 0 spiro atoms. The predicted octanol–water partition coefficient (Wildman–Crippen LogP) is 3.32. The second-order valence-electron chi connectivity index (χ2n) is 3.64. The zero-order chi connectivity index (χ0) is 12.3. The van der Waals surface area contributed by atoms with E-state index in [-0.39, 0.29) is 5.75 Å². The van der Waals surface area contributed by atoms with Gasteiger partial charge in [0.05, 0.1) is 5.69 Å². The lowest BCUT2D eigenvalue weighted by atomic mass is 10.2. The number of rotatable bonds is 3. The summed E-state index contributed by atoms with van der Waals surface area (Å²) >= 11 is 3.33. The number of benzene rings is 2. The number of nitrogens with two attached hydrogens (primary N) is 1. The zero-order valence-corrected chi connectivity index (χ0v) is 10.6. The Kier molecular flexibility index (Phi) is 3.54. The maximum absolute atomic E-state index is 9.31. The molecule has 2 aromatic carbocycles. The highest BCUT2D eigenvalue weighted by atomic mass is 79.9. The molecular weight excluding hydrogens is 282 g/mol. The van der Waals surface area contributed by atoms with Crippen LogP contribution in [0.4, 0.5) is 5.69 Å². The first-order valence-corrected chi connectivity index (χ1v) is 5.90. The van der Waals surface area contributed by atoms with Crippen LogP contribution < -0.4 is 10.5 Å². The highest BCUT2D eigenvalue weighted by Gasteiger charge is 2.02. The highest BCUT2D eigenvalue weighted by molar-refractivity contribution is 9.10. The molecule has 0 radical (unpaired) electrons. The lowest BCUT2D eigenvalue weighted by molar-refractivity contribution is 0.307. The molecule has 0 fully saturated rings. The Bertz CT molecular complexity index is 529. The molecule has 0 unspecified atom stereocenters. The van der Waals surface area contributed by atoms with Crippen molar-refractivity contribution in [1.82, 2.24) is 0 Å². The molecule has 0 saturated heterocycles. The first-order chi connectivity index (χ1) is 8.15. The van der Waals surface area contributed by atoms with Crippen molar-refractivity contribution < 1.29 is 9.84 Å². The fourth-order valence-electron chi connectivity index (χ4n) is 1.46. The molecule has 0 amide bonds. The summed E-state index contributed by atoms with van der Waals surface area (Å²) < 4.78 is 6.49. The molecule has 0 aliphatic heterocycles. The van der Waals surface area contributed by atoms with Crippen LogP contribution in [0, 0.1) is 0 Å². The van der Waals surface area contributed by atoms with E-state index >= 15 is 0 Å². The van der Waals surface area contributed by atoms with E-state index in [4.69, 9.17) is 10.5 Å². The van der Waals surface area contributed by atoms with Crippen molar-refractivity contribution >= 4 is 21.6 Å². The van der Waals surface area contributed by atoms with E-state index in [0.29, 0.717) is 18.0 Å². The third-order valence-electron chi connectivity index (χ3n) is 2.28. The highest BCUT2D eigenvalue weighted by Crippen LogP contribution is 2.26. The van der Waals surface area contributed by atoms with E-state index in [2.05, 4.69) is 15.9 Å². The van der Waals surface area contributed by atoms with Gasteiger partial charge in [-0.2, -0.15) is 0 Å². The summed E-state index contributed by atoms with van der Waals surface area (Å²) in [4.78, 5) is 0. The van der Waals surface area contributed by atoms with Gasteiger partial charge < -0.3 is 15.6 Å². The van der Waals surface area contributed by atoms with Gasteiger partial charge in [0.25, 0.3) is 0 Å². The van der Waals surface area contributed by atoms with E-state index in [1.807, 2.05) is 18.2 Å². The van der Waals surface area contributed by atoms with Gasteiger partial charge >= 0.3 is 0 Å². The topological polar surface area (TPSA) is 55.5 Å². The number of halogens is 1. The number of phenols is 1. The van der Waals surface area contributed by atoms with Gasteiger partial charge in [0.15, 0.2) is 0 Å². The lowest BCUT2D eigenvalue weighted by Crippen LogP contribution is -1.98. The number of ether oxygens (including phenoxy) is 1. The number of nitrogen functional groups attached to an aromatic ring is 1. The Morgan fingerprint density at radius 3 is 2.71 bits per heavy atom. The van der Waals surface area contributed by atoms with Gasteiger partial charge in [-0.25, -0.2) is 0 Å². The Labute approximate surface area is 108 Å². The molecule has 0 atom stereocenters. The Morgan fingerprint density at radius 2 is 2.00 bits per heavy atom. The average Bonchev–Trinajstić information content (AvgIpc) is 2.28. The van der Waals surface area contributed by atoms with Crippen LogP contribution in [0.3, 0.4) is 0 Å². The van der Waals surface area contributed by atoms with Crippen molar-refractivity contribution in [1.29, 1.82) is 0 Å². The fourth-order valence-corrected chi connectivity index (χ4v) is 1.84. The van der Waals surface area contributed by atoms with Crippen molar-refractivity contribution in [2.45, 2.75) is 6.61 Å². The Hall–Kier alpha value is -1.68. The van der Waals surface area contributed by atoms with Crippen LogP contribution in [0.1, 0.15) is 5.56 Å². The summed E-state index contributed by atoms with van der Waals surface area (Å²) in [5.41, 5.74) is 7.29. The largest absolute Gasteiger partial charge is 0.508 e. The van der Waals surface area contributed by atoms with Gasteiger partial charge in [-0.3, -0.25) is 0 Å². The van der Waals surface area contributed by atoms with Crippen LogP contribution in [0.5, 0.6) is 11.5 Å². The Morgan fingerprint density at radius 1 is 1.18 bits per heavy atom. The number of aromatic hydroxyl groups is 1. The summed E-state index contributed by atoms with van der Waals surface area (Å²) in [6, 6.07) is 12.4. The molecule has 17 heavy (non-hydrogen) atoms. The molecule has 88 valence electrons. The first kappa shape index (κ1) is 11.8. The second kappa shape index (κ2) is 5.10. The Balaban J connectivity index is 2.07. The van der Waals surface area contributed by atoms with Gasteiger partial charge in [0.1, 0.15) is 18.1 Å². The molecule has 2 aromatic rings. The molecule has 0 saturated carbocycles. The standard InChI is InChI=1S/C13H12BrNO2/c14-10-4-5-13(12(15)7-10)17-8-9-2-1-3-11(16)6-9/h1-7,16H,8,15H2. The van der Waals surface area contributed by atoms with Crippen molar-refractivity contribution in [3.8, 4) is 11.5 Å². The summed E-state index contributed by atoms with van der Waals surface area (Å²) in [5.74, 6) is 0.867. The third kappa shape index (κ3) is 3.14. The smallest absolute Gasteiger partial charge is 0.142 e. The molecule has 0 heterocycles. The van der Waals surface area contributed by atoms with Gasteiger partial charge in [-0.1, -0.05) is 28.1 Å². The lowest BCUT2D eigenvalue weighted by Gasteiger charge is -2.09. The molecule has 3 N–H and O–H groups in total. The number of phenolic OH excluding ortho intramolecular Hbond substituents is 1. The molecule has 0 aliphatic carbocycles. The van der Waals surface area contributed by atoms with Crippen LogP contribution in [-0.4, -0.2) is 5.11 Å². The van der Waals surface area contributed by atoms with E-state index in [0.717, 1.165) is 10.0 Å². The van der Waals surface area contributed by atoms with Gasteiger partial charge in [-0.05, 0) is 35.9 Å². The summed E-state index contributed by atoms with van der Waals surface area (Å²) in [5, 5.41) is 9.31. The second-order valence-corrected chi connectivity index (χ2v) is 4.56. The van der Waals surface area contributed by atoms with Crippen LogP contribution in [0.15, 0.2) is 46.9 Å². The maximum atomic E-state index is 9.31. The van der Waals surface area contributed by atoms with Gasteiger partial charge in [-0.15, -0.1) is 0 Å². The molecule has 0 bridgehead atoms. The van der Waals surface area contributed by atoms with Gasteiger partial charge in [0, 0.05) is 4.47 Å². The number of anilines is 1. The minimum atomic E-state index is 0.231. The van der Waals surface area contributed by atoms with E-state index in [9.17, 15) is 5.11 Å². The zero-order valence-electron chi connectivity index (χ0n) is 9.06. The third-order valence-corrected chi connectivity index (χ3v) is 2.77. The van der Waals surface area contributed by atoms with E-state index < -0.39 is 0 Å². The van der Waals surface area contributed by atoms with Crippen molar-refractivity contribution in [3.05, 3.63) is 52.5 Å². The van der Waals surface area contributed by atoms with Crippen molar-refractivity contribution in [2.75, 3.05) is 5.73 Å². The molecule has 0 aromatic heterocycles. The minimum Gasteiger partial charge on any atom is -0.508 e. The molecule has 2 rings (SSSR count). The quantitative estimate of drug-likeness (QED) is 0.854. The predicted molar refractivity (Wildman–Crippen MR) is 71.0 cm³/mol. The number of hydrogen-bond donors (Lipinski definition) is 2. The fraction of sp³-hybridized carbons (Fsp3) is 0.0769. The number of hydrogen-bond acceptors (Lipinski definition) is 3. The van der Waals surface area contributed by atoms with Crippen molar-refractivity contribution in [2.24, 2.45) is 0 Å². The van der Waals surface area contributed by atoms with Crippen molar-refractivity contribution in [3.63, 3.8) is 0 Å². The SMILES string of the molecule is Nc1cc(Br)ccc1OCc1cccc(O)c1. The molecule has 0 aliphatic rings. The normalized spacial score (nSPS) is 10.2. The van der Waals surface area contributed by atoms with E-state index in [1.165, 1.54) is 0 Å². The summed E-state index contributed by atoms with van der Waals surface area (Å²) in [6.45, 7) is 0.375. The minimum absolute atomic E-state index is 0.231. The summed E-state index contributed by atoms with van der Waals surface area (Å²) in [7, 11) is 0. The molecule has 3 nitrogen and oxygen atoms in total. The first-order valence-electron chi connectivity index (χ1n) is 5.11. The summed E-state index contributed by atoms with van der Waals surface area (Å²) in [6.07, 6.45) is 0. The van der Waals surface area contributed by atoms with Crippen LogP contribution >= 0.6 is 15.9 Å². The van der Waals surface area contributed by atoms with Crippen LogP contribution in [0.2, 0.25) is 0 Å². The monoisotopic (exact) mass is 293 g/mol.